The summed E-state index contributed by atoms with van der Waals surface area (Å²) in [5.74, 6) is 0.428. The van der Waals surface area contributed by atoms with Crippen LogP contribution in [0.25, 0.3) is 0 Å². The van der Waals surface area contributed by atoms with Gasteiger partial charge in [0.2, 0.25) is 0 Å². The second kappa shape index (κ2) is 5.74. The van der Waals surface area contributed by atoms with Gasteiger partial charge in [0.25, 0.3) is 0 Å². The van der Waals surface area contributed by atoms with Crippen molar-refractivity contribution in [1.29, 1.82) is 0 Å². The molecule has 0 aromatic rings. The molecule has 1 saturated carbocycles. The van der Waals surface area contributed by atoms with Crippen molar-refractivity contribution in [3.05, 3.63) is 0 Å². The largest absolute Gasteiger partial charge is 0.462 e. The molecule has 1 fully saturated rings. The molecule has 0 spiro atoms. The first-order valence-electron chi connectivity index (χ1n) is 6.94. The third-order valence-electron chi connectivity index (χ3n) is 4.16. The third kappa shape index (κ3) is 4.73. The van der Waals surface area contributed by atoms with Crippen LogP contribution in [0.15, 0.2) is 0 Å². The molecule has 0 aliphatic heterocycles. The molecule has 0 amide bonds. The van der Waals surface area contributed by atoms with Crippen LogP contribution in [0, 0.1) is 5.92 Å². The Labute approximate surface area is 112 Å². The smallest absolute Gasteiger partial charge is 0.302 e. The minimum Gasteiger partial charge on any atom is -0.462 e. The second-order valence-electron chi connectivity index (χ2n) is 6.89. The van der Waals surface area contributed by atoms with Crippen LogP contribution in [0.5, 0.6) is 0 Å². The van der Waals surface area contributed by atoms with Crippen molar-refractivity contribution in [3.8, 4) is 0 Å². The number of carbonyl (C=O) groups excluding carboxylic acids is 1. The van der Waals surface area contributed by atoms with Crippen LogP contribution in [-0.2, 0) is 14.0 Å². The summed E-state index contributed by atoms with van der Waals surface area (Å²) in [6.45, 7) is 13.7. The molecule has 0 N–H and O–H groups in total. The molecule has 0 bridgehead atoms. The van der Waals surface area contributed by atoms with E-state index in [1.165, 1.54) is 6.92 Å². The highest BCUT2D eigenvalue weighted by Gasteiger charge is 2.40. The van der Waals surface area contributed by atoms with E-state index in [1.807, 2.05) is 0 Å². The Balaban J connectivity index is 2.12. The van der Waals surface area contributed by atoms with E-state index in [1.54, 1.807) is 0 Å². The predicted octanol–water partition coefficient (Wildman–Crippen LogP) is 3.74. The lowest BCUT2D eigenvalue weighted by Gasteiger charge is -2.36. The Morgan fingerprint density at radius 3 is 2.44 bits per heavy atom. The predicted molar refractivity (Wildman–Crippen MR) is 76.0 cm³/mol. The molecule has 0 saturated heterocycles. The second-order valence-corrected chi connectivity index (χ2v) is 11.7. The summed E-state index contributed by atoms with van der Waals surface area (Å²) in [6.07, 6.45) is 3.43. The molecule has 0 radical (unpaired) electrons. The monoisotopic (exact) mass is 272 g/mol. The van der Waals surface area contributed by atoms with E-state index in [2.05, 4.69) is 33.9 Å². The lowest BCUT2D eigenvalue weighted by atomic mass is 10.2. The van der Waals surface area contributed by atoms with Crippen LogP contribution < -0.4 is 0 Å². The van der Waals surface area contributed by atoms with E-state index in [0.717, 1.165) is 25.9 Å². The highest BCUT2D eigenvalue weighted by atomic mass is 28.4. The molecule has 1 aliphatic rings. The fraction of sp³-hybridized carbons (Fsp3) is 0.929. The zero-order chi connectivity index (χ0) is 14.0. The summed E-state index contributed by atoms with van der Waals surface area (Å²) < 4.78 is 11.3. The highest BCUT2D eigenvalue weighted by molar-refractivity contribution is 6.74. The molecule has 106 valence electrons. The van der Waals surface area contributed by atoms with Gasteiger partial charge < -0.3 is 9.16 Å². The molecule has 0 unspecified atom stereocenters. The first-order chi connectivity index (χ1) is 8.13. The van der Waals surface area contributed by atoms with Crippen LogP contribution in [0.4, 0.5) is 0 Å². The lowest BCUT2D eigenvalue weighted by molar-refractivity contribution is -0.142. The Morgan fingerprint density at radius 2 is 1.94 bits per heavy atom. The number of carbonyl (C=O) groups is 1. The molecule has 0 aromatic carbocycles. The van der Waals surface area contributed by atoms with Gasteiger partial charge in [0, 0.05) is 13.5 Å². The maximum Gasteiger partial charge on any atom is 0.302 e. The van der Waals surface area contributed by atoms with E-state index in [4.69, 9.17) is 9.16 Å². The minimum atomic E-state index is -1.59. The standard InChI is InChI=1S/C14H28O3Si/c1-11(15)17-13-10-12(13)8-7-9-16-18(5,6)14(2,3)4/h12-13H,7-10H2,1-6H3/t12-,13-/m1/s1. The van der Waals surface area contributed by atoms with Gasteiger partial charge in [0.15, 0.2) is 8.32 Å². The van der Waals surface area contributed by atoms with E-state index in [0.29, 0.717) is 5.92 Å². The van der Waals surface area contributed by atoms with Crippen molar-refractivity contribution >= 4 is 14.3 Å². The average Bonchev–Trinajstić information content (AvgIpc) is 2.88. The first kappa shape index (κ1) is 15.7. The summed E-state index contributed by atoms with van der Waals surface area (Å²) in [4.78, 5) is 10.8. The fourth-order valence-corrected chi connectivity index (χ4v) is 2.86. The fourth-order valence-electron chi connectivity index (χ4n) is 1.77. The van der Waals surface area contributed by atoms with Gasteiger partial charge in [-0.25, -0.2) is 0 Å². The lowest BCUT2D eigenvalue weighted by Crippen LogP contribution is -2.40. The molecule has 2 atom stereocenters. The average molecular weight is 272 g/mol. The molecule has 0 heterocycles. The molecule has 18 heavy (non-hydrogen) atoms. The molecule has 4 heteroatoms. The van der Waals surface area contributed by atoms with Crippen molar-refractivity contribution in [3.63, 3.8) is 0 Å². The van der Waals surface area contributed by atoms with Crippen molar-refractivity contribution in [2.24, 2.45) is 5.92 Å². The molecule has 3 nitrogen and oxygen atoms in total. The van der Waals surface area contributed by atoms with Gasteiger partial charge >= 0.3 is 5.97 Å². The van der Waals surface area contributed by atoms with Crippen molar-refractivity contribution in [2.45, 2.75) is 71.2 Å². The summed E-state index contributed by atoms with van der Waals surface area (Å²) in [6, 6.07) is 0. The van der Waals surface area contributed by atoms with Crippen LogP contribution in [0.3, 0.4) is 0 Å². The molecule has 1 aliphatic carbocycles. The number of hydrogen-bond donors (Lipinski definition) is 0. The van der Waals surface area contributed by atoms with Gasteiger partial charge in [0.1, 0.15) is 6.10 Å². The number of hydrogen-bond acceptors (Lipinski definition) is 3. The quantitative estimate of drug-likeness (QED) is 0.420. The normalized spacial score (nSPS) is 23.9. The summed E-state index contributed by atoms with van der Waals surface area (Å²) >= 11 is 0. The summed E-state index contributed by atoms with van der Waals surface area (Å²) in [5, 5.41) is 0.285. The SMILES string of the molecule is CC(=O)O[C@@H]1C[C@H]1CCCO[Si](C)(C)C(C)(C)C. The van der Waals surface area contributed by atoms with E-state index in [-0.39, 0.29) is 17.1 Å². The van der Waals surface area contributed by atoms with Crippen LogP contribution in [0.1, 0.15) is 47.0 Å². The Kier molecular flexibility index (Phi) is 5.01. The molecule has 0 aromatic heterocycles. The van der Waals surface area contributed by atoms with Crippen molar-refractivity contribution in [1.82, 2.24) is 0 Å². The van der Waals surface area contributed by atoms with E-state index in [9.17, 15) is 4.79 Å². The summed E-state index contributed by atoms with van der Waals surface area (Å²) in [5.41, 5.74) is 0. The minimum absolute atomic E-state index is 0.153. The van der Waals surface area contributed by atoms with Gasteiger partial charge in [-0.15, -0.1) is 0 Å². The van der Waals surface area contributed by atoms with Crippen LogP contribution in [-0.4, -0.2) is 27.0 Å². The topological polar surface area (TPSA) is 35.5 Å². The Morgan fingerprint density at radius 1 is 1.33 bits per heavy atom. The number of ether oxygens (including phenoxy) is 1. The van der Waals surface area contributed by atoms with Gasteiger partial charge in [0.05, 0.1) is 0 Å². The molecular formula is C14H28O3Si. The zero-order valence-electron chi connectivity index (χ0n) is 12.7. The van der Waals surface area contributed by atoms with E-state index >= 15 is 0 Å². The molecule has 1 rings (SSSR count). The van der Waals surface area contributed by atoms with E-state index < -0.39 is 8.32 Å². The van der Waals surface area contributed by atoms with Crippen molar-refractivity contribution in [2.75, 3.05) is 6.61 Å². The summed E-state index contributed by atoms with van der Waals surface area (Å²) in [7, 11) is -1.59. The van der Waals surface area contributed by atoms with Gasteiger partial charge in [-0.1, -0.05) is 20.8 Å². The van der Waals surface area contributed by atoms with Gasteiger partial charge in [-0.05, 0) is 43.3 Å². The van der Waals surface area contributed by atoms with Crippen molar-refractivity contribution < 1.29 is 14.0 Å². The molecular weight excluding hydrogens is 244 g/mol. The Bertz CT molecular complexity index is 294. The highest BCUT2D eigenvalue weighted by Crippen LogP contribution is 2.39. The maximum atomic E-state index is 10.8. The third-order valence-corrected chi connectivity index (χ3v) is 8.70. The van der Waals surface area contributed by atoms with Crippen LogP contribution in [0.2, 0.25) is 18.1 Å². The zero-order valence-corrected chi connectivity index (χ0v) is 13.7. The first-order valence-corrected chi connectivity index (χ1v) is 9.85. The van der Waals surface area contributed by atoms with Crippen LogP contribution >= 0.6 is 0 Å². The maximum absolute atomic E-state index is 10.8. The number of rotatable bonds is 6. The number of esters is 1. The van der Waals surface area contributed by atoms with Gasteiger partial charge in [-0.2, -0.15) is 0 Å². The Hall–Kier alpha value is -0.353. The van der Waals surface area contributed by atoms with Gasteiger partial charge in [-0.3, -0.25) is 4.79 Å².